The van der Waals surface area contributed by atoms with Gasteiger partial charge in [-0.25, -0.2) is 4.39 Å². The first-order valence-electron chi connectivity index (χ1n) is 8.75. The third-order valence-corrected chi connectivity index (χ3v) is 4.78. The Morgan fingerprint density at radius 3 is 2.44 bits per heavy atom. The number of halogens is 1. The van der Waals surface area contributed by atoms with Crippen LogP contribution in [0.2, 0.25) is 0 Å². The highest BCUT2D eigenvalue weighted by Crippen LogP contribution is 2.27. The van der Waals surface area contributed by atoms with Crippen molar-refractivity contribution >= 4 is 10.8 Å². The molecule has 0 atom stereocenters. The number of nitrogens with zero attached hydrogens (tertiary/aromatic N) is 2. The van der Waals surface area contributed by atoms with Crippen LogP contribution in [0.1, 0.15) is 18.5 Å². The lowest BCUT2D eigenvalue weighted by Gasteiger charge is -2.23. The molecule has 1 aliphatic rings. The lowest BCUT2D eigenvalue weighted by molar-refractivity contribution is 0.385. The standard InChI is InChI=1S/C20H21FN4/c21-15-7-5-14(6-8-15)20-18-4-2-1-3-17(18)19(24-25-20)13-23-16-9-11-22-12-10-16/h1-8,16,22-23H,9-13H2. The van der Waals surface area contributed by atoms with E-state index in [9.17, 15) is 4.39 Å². The molecule has 2 N–H and O–H groups in total. The highest BCUT2D eigenvalue weighted by molar-refractivity contribution is 5.95. The highest BCUT2D eigenvalue weighted by atomic mass is 19.1. The van der Waals surface area contributed by atoms with Gasteiger partial charge in [0.05, 0.1) is 5.69 Å². The molecule has 0 unspecified atom stereocenters. The molecule has 1 aliphatic heterocycles. The van der Waals surface area contributed by atoms with E-state index in [4.69, 9.17) is 0 Å². The van der Waals surface area contributed by atoms with Crippen molar-refractivity contribution in [2.45, 2.75) is 25.4 Å². The third-order valence-electron chi connectivity index (χ3n) is 4.78. The number of fused-ring (bicyclic) bond motifs is 1. The van der Waals surface area contributed by atoms with Gasteiger partial charge in [0.1, 0.15) is 11.5 Å². The average molecular weight is 336 g/mol. The van der Waals surface area contributed by atoms with Crippen molar-refractivity contribution < 1.29 is 4.39 Å². The fraction of sp³-hybridized carbons (Fsp3) is 0.300. The van der Waals surface area contributed by atoms with E-state index in [1.165, 1.54) is 12.1 Å². The van der Waals surface area contributed by atoms with Crippen LogP contribution >= 0.6 is 0 Å². The Kier molecular flexibility index (Phi) is 4.68. The van der Waals surface area contributed by atoms with Crippen molar-refractivity contribution in [3.8, 4) is 11.3 Å². The molecule has 2 aromatic carbocycles. The van der Waals surface area contributed by atoms with Crippen LogP contribution < -0.4 is 10.6 Å². The number of rotatable bonds is 4. The van der Waals surface area contributed by atoms with E-state index in [2.05, 4.69) is 33.0 Å². The summed E-state index contributed by atoms with van der Waals surface area (Å²) >= 11 is 0. The van der Waals surface area contributed by atoms with E-state index in [-0.39, 0.29) is 5.82 Å². The Balaban J connectivity index is 1.65. The van der Waals surface area contributed by atoms with E-state index in [1.807, 2.05) is 12.1 Å². The maximum atomic E-state index is 13.2. The van der Waals surface area contributed by atoms with Crippen molar-refractivity contribution in [1.29, 1.82) is 0 Å². The van der Waals surface area contributed by atoms with Gasteiger partial charge in [0.25, 0.3) is 0 Å². The zero-order valence-corrected chi connectivity index (χ0v) is 14.0. The van der Waals surface area contributed by atoms with Gasteiger partial charge >= 0.3 is 0 Å². The van der Waals surface area contributed by atoms with Gasteiger partial charge in [0.15, 0.2) is 0 Å². The predicted molar refractivity (Wildman–Crippen MR) is 97.7 cm³/mol. The Labute approximate surface area is 146 Å². The van der Waals surface area contributed by atoms with E-state index in [1.54, 1.807) is 12.1 Å². The molecule has 4 rings (SSSR count). The van der Waals surface area contributed by atoms with Crippen LogP contribution in [0.5, 0.6) is 0 Å². The molecule has 1 aromatic heterocycles. The van der Waals surface area contributed by atoms with Crippen LogP contribution in [0, 0.1) is 5.82 Å². The van der Waals surface area contributed by atoms with E-state index >= 15 is 0 Å². The molecule has 0 spiro atoms. The van der Waals surface area contributed by atoms with Gasteiger partial charge in [-0.1, -0.05) is 24.3 Å². The second-order valence-electron chi connectivity index (χ2n) is 6.45. The largest absolute Gasteiger partial charge is 0.317 e. The number of benzene rings is 2. The zero-order chi connectivity index (χ0) is 17.1. The van der Waals surface area contributed by atoms with Crippen molar-refractivity contribution in [3.63, 3.8) is 0 Å². The van der Waals surface area contributed by atoms with Gasteiger partial charge in [-0.3, -0.25) is 0 Å². The smallest absolute Gasteiger partial charge is 0.123 e. The summed E-state index contributed by atoms with van der Waals surface area (Å²) in [6.45, 7) is 2.84. The molecule has 1 fully saturated rings. The molecule has 0 bridgehead atoms. The van der Waals surface area contributed by atoms with Crippen molar-refractivity contribution in [2.75, 3.05) is 13.1 Å². The van der Waals surface area contributed by atoms with Gasteiger partial charge in [-0.2, -0.15) is 5.10 Å². The molecular weight excluding hydrogens is 315 g/mol. The maximum absolute atomic E-state index is 13.2. The monoisotopic (exact) mass is 336 g/mol. The minimum atomic E-state index is -0.246. The fourth-order valence-electron chi connectivity index (χ4n) is 3.38. The predicted octanol–water partition coefficient (Wildman–Crippen LogP) is 3.28. The van der Waals surface area contributed by atoms with Crippen LogP contribution in [-0.4, -0.2) is 29.3 Å². The van der Waals surface area contributed by atoms with Crippen LogP contribution in [-0.2, 0) is 6.54 Å². The quantitative estimate of drug-likeness (QED) is 0.768. The van der Waals surface area contributed by atoms with Gasteiger partial charge in [-0.05, 0) is 50.2 Å². The molecule has 25 heavy (non-hydrogen) atoms. The Bertz CT molecular complexity index is 857. The molecule has 4 nitrogen and oxygen atoms in total. The summed E-state index contributed by atoms with van der Waals surface area (Å²) in [7, 11) is 0. The number of hydrogen-bond acceptors (Lipinski definition) is 4. The Morgan fingerprint density at radius 1 is 0.960 bits per heavy atom. The van der Waals surface area contributed by atoms with Gasteiger partial charge < -0.3 is 10.6 Å². The third kappa shape index (κ3) is 3.52. The summed E-state index contributed by atoms with van der Waals surface area (Å²) in [5.41, 5.74) is 2.63. The molecule has 0 radical (unpaired) electrons. The average Bonchev–Trinajstić information content (AvgIpc) is 2.68. The zero-order valence-electron chi connectivity index (χ0n) is 14.0. The first-order chi connectivity index (χ1) is 12.3. The van der Waals surface area contributed by atoms with E-state index in [0.717, 1.165) is 53.7 Å². The van der Waals surface area contributed by atoms with Gasteiger partial charge in [0, 0.05) is 28.9 Å². The second-order valence-corrected chi connectivity index (χ2v) is 6.45. The second kappa shape index (κ2) is 7.25. The minimum absolute atomic E-state index is 0.246. The first kappa shape index (κ1) is 16.1. The number of aromatic nitrogens is 2. The molecular formula is C20H21FN4. The molecule has 2 heterocycles. The van der Waals surface area contributed by atoms with Crippen molar-refractivity contribution in [1.82, 2.24) is 20.8 Å². The van der Waals surface area contributed by atoms with Crippen molar-refractivity contribution in [2.24, 2.45) is 0 Å². The Morgan fingerprint density at radius 2 is 1.68 bits per heavy atom. The highest BCUT2D eigenvalue weighted by Gasteiger charge is 2.15. The number of piperidine rings is 1. The normalized spacial score (nSPS) is 15.6. The fourth-order valence-corrected chi connectivity index (χ4v) is 3.38. The lowest BCUT2D eigenvalue weighted by atomic mass is 10.0. The molecule has 0 amide bonds. The molecule has 128 valence electrons. The maximum Gasteiger partial charge on any atom is 0.123 e. The summed E-state index contributed by atoms with van der Waals surface area (Å²) in [5, 5.41) is 18.0. The van der Waals surface area contributed by atoms with Crippen LogP contribution in [0.25, 0.3) is 22.0 Å². The molecule has 1 saturated heterocycles. The topological polar surface area (TPSA) is 49.8 Å². The first-order valence-corrected chi connectivity index (χ1v) is 8.75. The van der Waals surface area contributed by atoms with Gasteiger partial charge in [-0.15, -0.1) is 5.10 Å². The molecule has 5 heteroatoms. The van der Waals surface area contributed by atoms with Crippen LogP contribution in [0.4, 0.5) is 4.39 Å². The SMILES string of the molecule is Fc1ccc(-c2nnc(CNC3CCNCC3)c3ccccc23)cc1. The lowest BCUT2D eigenvalue weighted by Crippen LogP contribution is -2.39. The van der Waals surface area contributed by atoms with Crippen LogP contribution in [0.3, 0.4) is 0 Å². The van der Waals surface area contributed by atoms with Gasteiger partial charge in [0.2, 0.25) is 0 Å². The van der Waals surface area contributed by atoms with Crippen LogP contribution in [0.15, 0.2) is 48.5 Å². The summed E-state index contributed by atoms with van der Waals surface area (Å²) in [5.74, 6) is -0.246. The summed E-state index contributed by atoms with van der Waals surface area (Å²) in [6.07, 6.45) is 2.28. The Hall–Kier alpha value is -2.37. The molecule has 0 aliphatic carbocycles. The molecule has 3 aromatic rings. The minimum Gasteiger partial charge on any atom is -0.317 e. The summed E-state index contributed by atoms with van der Waals surface area (Å²) in [6, 6.07) is 15.1. The van der Waals surface area contributed by atoms with E-state index in [0.29, 0.717) is 12.6 Å². The van der Waals surface area contributed by atoms with Crippen molar-refractivity contribution in [3.05, 3.63) is 60.0 Å². The number of hydrogen-bond donors (Lipinski definition) is 2. The number of nitrogens with one attached hydrogen (secondary N) is 2. The molecule has 0 saturated carbocycles. The summed E-state index contributed by atoms with van der Waals surface area (Å²) < 4.78 is 13.2. The van der Waals surface area contributed by atoms with E-state index < -0.39 is 0 Å². The summed E-state index contributed by atoms with van der Waals surface area (Å²) in [4.78, 5) is 0.